The highest BCUT2D eigenvalue weighted by Gasteiger charge is 2.26. The van der Waals surface area contributed by atoms with Crippen molar-refractivity contribution in [1.82, 2.24) is 5.43 Å². The fourth-order valence-electron chi connectivity index (χ4n) is 2.77. The van der Waals surface area contributed by atoms with E-state index in [0.717, 1.165) is 12.3 Å². The van der Waals surface area contributed by atoms with Crippen LogP contribution in [-0.4, -0.2) is 6.04 Å². The zero-order valence-corrected chi connectivity index (χ0v) is 12.9. The molecule has 1 aromatic rings. The summed E-state index contributed by atoms with van der Waals surface area (Å²) < 4.78 is 0. The van der Waals surface area contributed by atoms with Gasteiger partial charge in [-0.15, -0.1) is 0 Å². The van der Waals surface area contributed by atoms with Gasteiger partial charge in [0.2, 0.25) is 0 Å². The second kappa shape index (κ2) is 8.34. The highest BCUT2D eigenvalue weighted by Crippen LogP contribution is 2.32. The Morgan fingerprint density at radius 3 is 2.16 bits per heavy atom. The lowest BCUT2D eigenvalue weighted by molar-refractivity contribution is 0.308. The van der Waals surface area contributed by atoms with E-state index >= 15 is 0 Å². The van der Waals surface area contributed by atoms with Crippen LogP contribution < -0.4 is 11.3 Å². The molecule has 0 fully saturated rings. The Morgan fingerprint density at radius 1 is 1.05 bits per heavy atom. The van der Waals surface area contributed by atoms with E-state index in [1.54, 1.807) is 0 Å². The second-order valence-corrected chi connectivity index (χ2v) is 6.07. The molecule has 2 nitrogen and oxygen atoms in total. The average Bonchev–Trinajstić information content (AvgIpc) is 2.43. The van der Waals surface area contributed by atoms with Gasteiger partial charge < -0.3 is 0 Å². The zero-order valence-electron chi connectivity index (χ0n) is 12.9. The number of hydrogen-bond acceptors (Lipinski definition) is 2. The highest BCUT2D eigenvalue weighted by atomic mass is 15.2. The van der Waals surface area contributed by atoms with Crippen LogP contribution in [0.1, 0.15) is 58.4 Å². The molecule has 0 amide bonds. The molecule has 0 spiro atoms. The summed E-state index contributed by atoms with van der Waals surface area (Å²) in [6, 6.07) is 11.2. The molecule has 108 valence electrons. The van der Waals surface area contributed by atoms with Crippen molar-refractivity contribution in [3.05, 3.63) is 35.9 Å². The SMILES string of the molecule is CCC(C)C(c1ccccc1)C(CCC(C)C)NN. The summed E-state index contributed by atoms with van der Waals surface area (Å²) in [5.74, 6) is 7.70. The van der Waals surface area contributed by atoms with E-state index in [4.69, 9.17) is 5.84 Å². The van der Waals surface area contributed by atoms with Crippen molar-refractivity contribution in [1.29, 1.82) is 0 Å². The van der Waals surface area contributed by atoms with Gasteiger partial charge in [0.1, 0.15) is 0 Å². The van der Waals surface area contributed by atoms with E-state index in [0.29, 0.717) is 17.9 Å². The number of benzene rings is 1. The van der Waals surface area contributed by atoms with Crippen LogP contribution in [0.15, 0.2) is 30.3 Å². The molecule has 0 aromatic heterocycles. The van der Waals surface area contributed by atoms with Gasteiger partial charge in [0.15, 0.2) is 0 Å². The molecular formula is C17H30N2. The molecule has 1 aromatic carbocycles. The quantitative estimate of drug-likeness (QED) is 0.547. The maximum absolute atomic E-state index is 5.84. The van der Waals surface area contributed by atoms with Gasteiger partial charge in [-0.2, -0.15) is 0 Å². The minimum atomic E-state index is 0.361. The normalized spacial score (nSPS) is 16.3. The van der Waals surface area contributed by atoms with Gasteiger partial charge >= 0.3 is 0 Å². The molecule has 0 heterocycles. The fourth-order valence-corrected chi connectivity index (χ4v) is 2.77. The largest absolute Gasteiger partial charge is 0.271 e. The first-order valence-electron chi connectivity index (χ1n) is 7.61. The molecule has 1 rings (SSSR count). The molecule has 0 aliphatic carbocycles. The summed E-state index contributed by atoms with van der Waals surface area (Å²) in [4.78, 5) is 0. The first kappa shape index (κ1) is 16.2. The summed E-state index contributed by atoms with van der Waals surface area (Å²) in [6.45, 7) is 9.14. The van der Waals surface area contributed by atoms with E-state index < -0.39 is 0 Å². The molecule has 0 saturated heterocycles. The lowest BCUT2D eigenvalue weighted by atomic mass is 9.78. The van der Waals surface area contributed by atoms with Gasteiger partial charge in [0.25, 0.3) is 0 Å². The third-order valence-corrected chi connectivity index (χ3v) is 4.14. The van der Waals surface area contributed by atoms with Gasteiger partial charge in [-0.25, -0.2) is 0 Å². The number of rotatable bonds is 8. The van der Waals surface area contributed by atoms with Crippen molar-refractivity contribution in [2.45, 2.75) is 58.9 Å². The van der Waals surface area contributed by atoms with Crippen molar-refractivity contribution in [3.8, 4) is 0 Å². The second-order valence-electron chi connectivity index (χ2n) is 6.07. The average molecular weight is 262 g/mol. The van der Waals surface area contributed by atoms with Crippen molar-refractivity contribution >= 4 is 0 Å². The van der Waals surface area contributed by atoms with E-state index in [9.17, 15) is 0 Å². The molecule has 19 heavy (non-hydrogen) atoms. The minimum Gasteiger partial charge on any atom is -0.271 e. The Morgan fingerprint density at radius 2 is 1.68 bits per heavy atom. The number of nitrogens with two attached hydrogens (primary N) is 1. The highest BCUT2D eigenvalue weighted by molar-refractivity contribution is 5.22. The molecule has 3 atom stereocenters. The number of hydrogen-bond donors (Lipinski definition) is 2. The van der Waals surface area contributed by atoms with Crippen LogP contribution >= 0.6 is 0 Å². The van der Waals surface area contributed by atoms with Gasteiger partial charge in [-0.05, 0) is 30.2 Å². The lowest BCUT2D eigenvalue weighted by Crippen LogP contribution is -2.42. The van der Waals surface area contributed by atoms with Crippen LogP contribution in [0, 0.1) is 11.8 Å². The molecule has 3 N–H and O–H groups in total. The van der Waals surface area contributed by atoms with Crippen LogP contribution in [0.25, 0.3) is 0 Å². The minimum absolute atomic E-state index is 0.361. The fraction of sp³-hybridized carbons (Fsp3) is 0.647. The molecule has 0 bridgehead atoms. The van der Waals surface area contributed by atoms with Crippen molar-refractivity contribution in [2.24, 2.45) is 17.7 Å². The van der Waals surface area contributed by atoms with E-state index in [1.165, 1.54) is 18.4 Å². The molecule has 3 unspecified atom stereocenters. The Labute approximate surface area is 118 Å². The van der Waals surface area contributed by atoms with Crippen molar-refractivity contribution in [3.63, 3.8) is 0 Å². The third kappa shape index (κ3) is 4.96. The summed E-state index contributed by atoms with van der Waals surface area (Å²) in [5, 5.41) is 0. The van der Waals surface area contributed by atoms with Crippen molar-refractivity contribution < 1.29 is 0 Å². The summed E-state index contributed by atoms with van der Waals surface area (Å²) in [5.41, 5.74) is 4.48. The number of nitrogens with one attached hydrogen (secondary N) is 1. The summed E-state index contributed by atoms with van der Waals surface area (Å²) >= 11 is 0. The third-order valence-electron chi connectivity index (χ3n) is 4.14. The first-order chi connectivity index (χ1) is 9.10. The molecule has 0 radical (unpaired) electrons. The van der Waals surface area contributed by atoms with E-state index in [-0.39, 0.29) is 0 Å². The Balaban J connectivity index is 2.88. The van der Waals surface area contributed by atoms with Gasteiger partial charge in [-0.1, -0.05) is 64.4 Å². The van der Waals surface area contributed by atoms with E-state index in [2.05, 4.69) is 63.5 Å². The smallest absolute Gasteiger partial charge is 0.0281 e. The van der Waals surface area contributed by atoms with Crippen LogP contribution in [0.5, 0.6) is 0 Å². The maximum atomic E-state index is 5.84. The molecule has 0 aliphatic heterocycles. The maximum Gasteiger partial charge on any atom is 0.0281 e. The molecule has 2 heteroatoms. The predicted octanol–water partition coefficient (Wildman–Crippen LogP) is 4.08. The summed E-state index contributed by atoms with van der Waals surface area (Å²) in [7, 11) is 0. The Hall–Kier alpha value is -0.860. The van der Waals surface area contributed by atoms with Crippen LogP contribution in [-0.2, 0) is 0 Å². The number of hydrazine groups is 1. The van der Waals surface area contributed by atoms with Crippen molar-refractivity contribution in [2.75, 3.05) is 0 Å². The molecular weight excluding hydrogens is 232 g/mol. The van der Waals surface area contributed by atoms with E-state index in [1.807, 2.05) is 0 Å². The van der Waals surface area contributed by atoms with Crippen LogP contribution in [0.4, 0.5) is 0 Å². The standard InChI is InChI=1S/C17H30N2/c1-5-14(4)17(15-9-7-6-8-10-15)16(19-18)12-11-13(2)3/h6-10,13-14,16-17,19H,5,11-12,18H2,1-4H3. The van der Waals surface area contributed by atoms with Gasteiger partial charge in [-0.3, -0.25) is 11.3 Å². The first-order valence-corrected chi connectivity index (χ1v) is 7.61. The predicted molar refractivity (Wildman–Crippen MR) is 83.8 cm³/mol. The molecule has 0 saturated carbocycles. The van der Waals surface area contributed by atoms with Gasteiger partial charge in [0, 0.05) is 12.0 Å². The van der Waals surface area contributed by atoms with Gasteiger partial charge in [0.05, 0.1) is 0 Å². The lowest BCUT2D eigenvalue weighted by Gasteiger charge is -2.32. The Bertz CT molecular complexity index is 334. The Kier molecular flexibility index (Phi) is 7.11. The summed E-state index contributed by atoms with van der Waals surface area (Å²) in [6.07, 6.45) is 3.53. The van der Waals surface area contributed by atoms with Crippen LogP contribution in [0.3, 0.4) is 0 Å². The monoisotopic (exact) mass is 262 g/mol. The zero-order chi connectivity index (χ0) is 14.3. The molecule has 0 aliphatic rings. The van der Waals surface area contributed by atoms with Crippen LogP contribution in [0.2, 0.25) is 0 Å². The topological polar surface area (TPSA) is 38.0 Å².